The number of nitrogens with one attached hydrogen (secondary N) is 1. The van der Waals surface area contributed by atoms with Gasteiger partial charge in [-0.15, -0.1) is 0 Å². The van der Waals surface area contributed by atoms with E-state index in [1.807, 2.05) is 11.0 Å². The molecule has 0 spiro atoms. The van der Waals surface area contributed by atoms with Crippen molar-refractivity contribution in [2.24, 2.45) is 5.73 Å². The smallest absolute Gasteiger partial charge is 0.408 e. The first-order chi connectivity index (χ1) is 13.5. The Kier molecular flexibility index (Phi) is 8.83. The summed E-state index contributed by atoms with van der Waals surface area (Å²) in [6.45, 7) is 8.61. The fraction of sp³-hybridized carbons (Fsp3) is 0.550. The van der Waals surface area contributed by atoms with Crippen molar-refractivity contribution in [2.75, 3.05) is 18.0 Å². The van der Waals surface area contributed by atoms with Crippen LogP contribution in [0.3, 0.4) is 0 Å². The minimum Gasteiger partial charge on any atom is -0.444 e. The van der Waals surface area contributed by atoms with Crippen LogP contribution in [0.2, 0.25) is 0 Å². The van der Waals surface area contributed by atoms with Crippen LogP contribution < -0.4 is 16.0 Å². The SMILES string of the molecule is CC[C@H](NC(=O)OC(C)(C)C)C(N)=O.N#Cc1cc(F)c(F)cc1N1CCCC1. The van der Waals surface area contributed by atoms with E-state index in [0.29, 0.717) is 12.1 Å². The van der Waals surface area contributed by atoms with E-state index >= 15 is 0 Å². The average molecular weight is 410 g/mol. The van der Waals surface area contributed by atoms with E-state index in [1.165, 1.54) is 0 Å². The summed E-state index contributed by atoms with van der Waals surface area (Å²) >= 11 is 0. The molecule has 3 N–H and O–H groups in total. The topological polar surface area (TPSA) is 108 Å². The van der Waals surface area contributed by atoms with E-state index in [4.69, 9.17) is 15.7 Å². The van der Waals surface area contributed by atoms with Crippen LogP contribution in [0, 0.1) is 23.0 Å². The number of carbonyl (C=O) groups is 2. The maximum Gasteiger partial charge on any atom is 0.408 e. The lowest BCUT2D eigenvalue weighted by Gasteiger charge is -2.21. The summed E-state index contributed by atoms with van der Waals surface area (Å²) in [5.41, 5.74) is 5.19. The molecule has 1 fully saturated rings. The van der Waals surface area contributed by atoms with E-state index in [1.54, 1.807) is 27.7 Å². The van der Waals surface area contributed by atoms with Crippen LogP contribution in [0.1, 0.15) is 52.5 Å². The zero-order chi connectivity index (χ0) is 22.2. The molecule has 160 valence electrons. The number of rotatable bonds is 4. The molecule has 1 aliphatic rings. The van der Waals surface area contributed by atoms with Crippen LogP contribution in [0.25, 0.3) is 0 Å². The Labute approximate surface area is 169 Å². The molecule has 0 radical (unpaired) electrons. The highest BCUT2D eigenvalue weighted by Crippen LogP contribution is 2.26. The Morgan fingerprint density at radius 2 is 1.83 bits per heavy atom. The Bertz CT molecular complexity index is 766. The second kappa shape index (κ2) is 10.6. The first-order valence-corrected chi connectivity index (χ1v) is 9.41. The molecule has 0 aliphatic carbocycles. The lowest BCUT2D eigenvalue weighted by Crippen LogP contribution is -2.45. The van der Waals surface area contributed by atoms with Crippen molar-refractivity contribution in [3.8, 4) is 6.07 Å². The number of nitriles is 1. The van der Waals surface area contributed by atoms with E-state index in [9.17, 15) is 18.4 Å². The van der Waals surface area contributed by atoms with Crippen molar-refractivity contribution in [2.45, 2.75) is 58.6 Å². The van der Waals surface area contributed by atoms with Crippen LogP contribution in [0.15, 0.2) is 12.1 Å². The van der Waals surface area contributed by atoms with Gasteiger partial charge in [0.25, 0.3) is 0 Å². The minimum atomic E-state index is -0.963. The number of benzene rings is 1. The third-order valence-corrected chi connectivity index (χ3v) is 4.05. The largest absolute Gasteiger partial charge is 0.444 e. The summed E-state index contributed by atoms with van der Waals surface area (Å²) < 4.78 is 30.9. The summed E-state index contributed by atoms with van der Waals surface area (Å²) in [6.07, 6.45) is 1.89. The van der Waals surface area contributed by atoms with Gasteiger partial charge < -0.3 is 20.7 Å². The standard InChI is InChI=1S/C11H10F2N2.C9H18N2O3/c12-9-5-8(7-14)11(6-10(9)13)15-3-1-2-4-15;1-5-6(7(10)12)11-8(13)14-9(2,3)4/h5-6H,1-4H2;6H,5H2,1-4H3,(H2,10,12)(H,11,13)/t;6-/m.0/s1. The van der Waals surface area contributed by atoms with Crippen molar-refractivity contribution in [1.29, 1.82) is 5.26 Å². The maximum atomic E-state index is 13.0. The fourth-order valence-corrected chi connectivity index (χ4v) is 2.67. The van der Waals surface area contributed by atoms with Crippen molar-refractivity contribution < 1.29 is 23.1 Å². The summed E-state index contributed by atoms with van der Waals surface area (Å²) in [7, 11) is 0. The number of nitrogens with two attached hydrogens (primary N) is 1. The van der Waals surface area contributed by atoms with Crippen molar-refractivity contribution in [3.05, 3.63) is 29.3 Å². The van der Waals surface area contributed by atoms with Crippen molar-refractivity contribution in [1.82, 2.24) is 5.32 Å². The van der Waals surface area contributed by atoms with Crippen LogP contribution in [-0.2, 0) is 9.53 Å². The van der Waals surface area contributed by atoms with Gasteiger partial charge in [-0.1, -0.05) is 6.92 Å². The van der Waals surface area contributed by atoms with Gasteiger partial charge in [0.05, 0.1) is 11.3 Å². The molecular weight excluding hydrogens is 382 g/mol. The van der Waals surface area contributed by atoms with Crippen LogP contribution in [0.5, 0.6) is 0 Å². The fourth-order valence-electron chi connectivity index (χ4n) is 2.67. The van der Waals surface area contributed by atoms with Crippen molar-refractivity contribution >= 4 is 17.7 Å². The normalized spacial score (nSPS) is 14.3. The summed E-state index contributed by atoms with van der Waals surface area (Å²) in [5, 5.41) is 11.2. The van der Waals surface area contributed by atoms with Gasteiger partial charge in [0.1, 0.15) is 17.7 Å². The molecule has 0 aromatic heterocycles. The Balaban J connectivity index is 0.000000291. The lowest BCUT2D eigenvalue weighted by molar-refractivity contribution is -0.120. The number of anilines is 1. The number of amides is 2. The van der Waals surface area contributed by atoms with E-state index in [0.717, 1.165) is 38.1 Å². The monoisotopic (exact) mass is 410 g/mol. The molecule has 0 unspecified atom stereocenters. The van der Waals surface area contributed by atoms with Crippen molar-refractivity contribution in [3.63, 3.8) is 0 Å². The molecule has 1 saturated heterocycles. The number of halogens is 2. The number of ether oxygens (including phenoxy) is 1. The molecule has 7 nitrogen and oxygen atoms in total. The second-order valence-corrected chi connectivity index (χ2v) is 7.60. The Morgan fingerprint density at radius 3 is 2.28 bits per heavy atom. The Morgan fingerprint density at radius 1 is 1.28 bits per heavy atom. The van der Waals surface area contributed by atoms with Crippen LogP contribution >= 0.6 is 0 Å². The van der Waals surface area contributed by atoms with Gasteiger partial charge in [0, 0.05) is 19.2 Å². The van der Waals surface area contributed by atoms with Gasteiger partial charge in [0.2, 0.25) is 5.91 Å². The third kappa shape index (κ3) is 7.94. The molecule has 2 rings (SSSR count). The number of alkyl carbamates (subject to hydrolysis) is 1. The number of hydrogen-bond acceptors (Lipinski definition) is 5. The molecule has 9 heteroatoms. The van der Waals surface area contributed by atoms with Gasteiger partial charge in [-0.3, -0.25) is 4.79 Å². The Hall–Kier alpha value is -2.89. The molecule has 2 amide bonds. The van der Waals surface area contributed by atoms with Crippen LogP contribution in [0.4, 0.5) is 19.3 Å². The van der Waals surface area contributed by atoms with E-state index in [-0.39, 0.29) is 5.56 Å². The van der Waals surface area contributed by atoms with Gasteiger partial charge in [-0.25, -0.2) is 13.6 Å². The van der Waals surface area contributed by atoms with E-state index in [2.05, 4.69) is 5.32 Å². The molecule has 0 bridgehead atoms. The first kappa shape index (κ1) is 24.1. The second-order valence-electron chi connectivity index (χ2n) is 7.60. The average Bonchev–Trinajstić information content (AvgIpc) is 3.14. The third-order valence-electron chi connectivity index (χ3n) is 4.05. The zero-order valence-corrected chi connectivity index (χ0v) is 17.2. The number of hydrogen-bond donors (Lipinski definition) is 2. The summed E-state index contributed by atoms with van der Waals surface area (Å²) in [5.74, 6) is -2.41. The number of nitrogens with zero attached hydrogens (tertiary/aromatic N) is 2. The molecule has 1 aromatic carbocycles. The highest BCUT2D eigenvalue weighted by Gasteiger charge is 2.21. The maximum absolute atomic E-state index is 13.0. The molecule has 1 atom stereocenters. The quantitative estimate of drug-likeness (QED) is 0.792. The van der Waals surface area contributed by atoms with Gasteiger partial charge >= 0.3 is 6.09 Å². The molecule has 0 saturated carbocycles. The molecule has 29 heavy (non-hydrogen) atoms. The summed E-state index contributed by atoms with van der Waals surface area (Å²) in [4.78, 5) is 23.9. The lowest BCUT2D eigenvalue weighted by atomic mass is 10.1. The van der Waals surface area contributed by atoms with Crippen LogP contribution in [-0.4, -0.2) is 36.7 Å². The number of primary amides is 1. The predicted octanol–water partition coefficient (Wildman–Crippen LogP) is 3.21. The predicted molar refractivity (Wildman–Crippen MR) is 105 cm³/mol. The molecule has 1 aromatic rings. The van der Waals surface area contributed by atoms with Gasteiger partial charge in [0.15, 0.2) is 11.6 Å². The minimum absolute atomic E-state index is 0.204. The highest BCUT2D eigenvalue weighted by molar-refractivity contribution is 5.84. The highest BCUT2D eigenvalue weighted by atomic mass is 19.2. The number of carbonyl (C=O) groups excluding carboxylic acids is 2. The van der Waals surface area contributed by atoms with E-state index < -0.39 is 35.3 Å². The molecule has 1 heterocycles. The molecule has 1 aliphatic heterocycles. The molecular formula is C20H28F2N4O3. The van der Waals surface area contributed by atoms with Gasteiger partial charge in [-0.2, -0.15) is 5.26 Å². The summed E-state index contributed by atoms with van der Waals surface area (Å²) in [6, 6.07) is 3.30. The van der Waals surface area contributed by atoms with Gasteiger partial charge in [-0.05, 0) is 46.1 Å². The first-order valence-electron chi connectivity index (χ1n) is 9.41. The zero-order valence-electron chi connectivity index (χ0n) is 17.2.